The van der Waals surface area contributed by atoms with Crippen LogP contribution in [0.1, 0.15) is 24.5 Å². The van der Waals surface area contributed by atoms with Crippen molar-refractivity contribution in [3.05, 3.63) is 47.5 Å². The van der Waals surface area contributed by atoms with Gasteiger partial charge < -0.3 is 20.5 Å². The minimum Gasteiger partial charge on any atom is -0.493 e. The van der Waals surface area contributed by atoms with E-state index in [0.29, 0.717) is 30.0 Å². The van der Waals surface area contributed by atoms with Gasteiger partial charge in [-0.25, -0.2) is 0 Å². The molecule has 0 fully saturated rings. The highest BCUT2D eigenvalue weighted by molar-refractivity contribution is 5.91. The first-order valence-corrected chi connectivity index (χ1v) is 7.96. The number of rotatable bonds is 7. The van der Waals surface area contributed by atoms with E-state index in [9.17, 15) is 4.79 Å². The van der Waals surface area contributed by atoms with E-state index in [1.807, 2.05) is 37.3 Å². The molecule has 2 aromatic carbocycles. The number of nitrogen functional groups attached to an aromatic ring is 1. The van der Waals surface area contributed by atoms with Crippen LogP contribution in [0.15, 0.2) is 36.4 Å². The number of ether oxygens (including phenoxy) is 2. The molecule has 5 heteroatoms. The minimum absolute atomic E-state index is 0.0477. The van der Waals surface area contributed by atoms with Crippen molar-refractivity contribution in [1.29, 1.82) is 0 Å². The number of methoxy groups -OCH3 is 2. The number of nitrogens with one attached hydrogen (secondary N) is 1. The number of amides is 1. The Labute approximate surface area is 142 Å². The Morgan fingerprint density at radius 1 is 1.08 bits per heavy atom. The molecule has 0 aliphatic heterocycles. The maximum atomic E-state index is 12.1. The zero-order valence-electron chi connectivity index (χ0n) is 14.4. The fourth-order valence-corrected chi connectivity index (χ4v) is 2.51. The van der Waals surface area contributed by atoms with Crippen LogP contribution in [-0.2, 0) is 17.6 Å². The Morgan fingerprint density at radius 3 is 2.46 bits per heavy atom. The number of benzene rings is 2. The standard InChI is InChI=1S/C19H24N2O3/c1-4-14-7-8-15(12-16(14)20)21-19(22)10-6-13-5-9-17(23-2)18(11-13)24-3/h5,7-9,11-12H,4,6,10,20H2,1-3H3,(H,21,22). The summed E-state index contributed by atoms with van der Waals surface area (Å²) in [6, 6.07) is 11.3. The van der Waals surface area contributed by atoms with E-state index >= 15 is 0 Å². The predicted molar refractivity (Wildman–Crippen MR) is 96.7 cm³/mol. The van der Waals surface area contributed by atoms with E-state index in [2.05, 4.69) is 5.32 Å². The highest BCUT2D eigenvalue weighted by Gasteiger charge is 2.08. The first-order chi connectivity index (χ1) is 11.6. The molecule has 0 aliphatic rings. The summed E-state index contributed by atoms with van der Waals surface area (Å²) in [4.78, 5) is 12.1. The van der Waals surface area contributed by atoms with Crippen LogP contribution in [0.3, 0.4) is 0 Å². The lowest BCUT2D eigenvalue weighted by Crippen LogP contribution is -2.12. The number of hydrogen-bond donors (Lipinski definition) is 2. The predicted octanol–water partition coefficient (Wildman–Crippen LogP) is 3.42. The smallest absolute Gasteiger partial charge is 0.224 e. The third kappa shape index (κ3) is 4.41. The summed E-state index contributed by atoms with van der Waals surface area (Å²) in [7, 11) is 3.19. The summed E-state index contributed by atoms with van der Waals surface area (Å²) in [5, 5.41) is 2.88. The van der Waals surface area contributed by atoms with Crippen molar-refractivity contribution in [2.24, 2.45) is 0 Å². The van der Waals surface area contributed by atoms with Gasteiger partial charge in [0.2, 0.25) is 5.91 Å². The SMILES string of the molecule is CCc1ccc(NC(=O)CCc2ccc(OC)c(OC)c2)cc1N. The normalized spacial score (nSPS) is 10.3. The van der Waals surface area contributed by atoms with Crippen molar-refractivity contribution in [2.75, 3.05) is 25.3 Å². The molecule has 24 heavy (non-hydrogen) atoms. The molecule has 128 valence electrons. The Balaban J connectivity index is 1.94. The lowest BCUT2D eigenvalue weighted by atomic mass is 10.1. The van der Waals surface area contributed by atoms with E-state index in [0.717, 1.165) is 23.2 Å². The summed E-state index contributed by atoms with van der Waals surface area (Å²) in [6.07, 6.45) is 1.87. The quantitative estimate of drug-likeness (QED) is 0.764. The largest absolute Gasteiger partial charge is 0.493 e. The molecule has 0 bridgehead atoms. The molecule has 5 nitrogen and oxygen atoms in total. The molecule has 0 radical (unpaired) electrons. The highest BCUT2D eigenvalue weighted by atomic mass is 16.5. The van der Waals surface area contributed by atoms with Crippen molar-refractivity contribution in [1.82, 2.24) is 0 Å². The number of anilines is 2. The Morgan fingerprint density at radius 2 is 1.83 bits per heavy atom. The second-order valence-corrected chi connectivity index (χ2v) is 5.50. The van der Waals surface area contributed by atoms with Crippen molar-refractivity contribution in [3.63, 3.8) is 0 Å². The minimum atomic E-state index is -0.0477. The molecular weight excluding hydrogens is 304 g/mol. The third-order valence-electron chi connectivity index (χ3n) is 3.90. The molecule has 2 rings (SSSR count). The topological polar surface area (TPSA) is 73.6 Å². The molecule has 0 aromatic heterocycles. The van der Waals surface area contributed by atoms with Crippen LogP contribution < -0.4 is 20.5 Å². The van der Waals surface area contributed by atoms with Gasteiger partial charge >= 0.3 is 0 Å². The van der Waals surface area contributed by atoms with Crippen LogP contribution in [-0.4, -0.2) is 20.1 Å². The van der Waals surface area contributed by atoms with Gasteiger partial charge in [0, 0.05) is 17.8 Å². The monoisotopic (exact) mass is 328 g/mol. The van der Waals surface area contributed by atoms with Crippen molar-refractivity contribution < 1.29 is 14.3 Å². The van der Waals surface area contributed by atoms with Gasteiger partial charge in [-0.15, -0.1) is 0 Å². The maximum absolute atomic E-state index is 12.1. The molecule has 0 spiro atoms. The lowest BCUT2D eigenvalue weighted by Gasteiger charge is -2.10. The number of carbonyl (C=O) groups is 1. The van der Waals surface area contributed by atoms with E-state index < -0.39 is 0 Å². The lowest BCUT2D eigenvalue weighted by molar-refractivity contribution is -0.116. The Bertz CT molecular complexity index is 714. The van der Waals surface area contributed by atoms with Gasteiger partial charge in [0.15, 0.2) is 11.5 Å². The van der Waals surface area contributed by atoms with Crippen LogP contribution in [0, 0.1) is 0 Å². The van der Waals surface area contributed by atoms with Gasteiger partial charge in [-0.3, -0.25) is 4.79 Å². The summed E-state index contributed by atoms with van der Waals surface area (Å²) in [6.45, 7) is 2.05. The Kier molecular flexibility index (Phi) is 6.07. The first-order valence-electron chi connectivity index (χ1n) is 7.96. The molecule has 0 aliphatic carbocycles. The molecule has 2 aromatic rings. The molecule has 1 amide bonds. The summed E-state index contributed by atoms with van der Waals surface area (Å²) in [5.74, 6) is 1.30. The average molecular weight is 328 g/mol. The first kappa shape index (κ1) is 17.7. The van der Waals surface area contributed by atoms with E-state index in [-0.39, 0.29) is 5.91 Å². The van der Waals surface area contributed by atoms with Gasteiger partial charge in [0.05, 0.1) is 14.2 Å². The second kappa shape index (κ2) is 8.24. The maximum Gasteiger partial charge on any atom is 0.224 e. The molecule has 0 saturated heterocycles. The Hall–Kier alpha value is -2.69. The summed E-state index contributed by atoms with van der Waals surface area (Å²) in [5.41, 5.74) is 9.48. The fourth-order valence-electron chi connectivity index (χ4n) is 2.51. The average Bonchev–Trinajstić information content (AvgIpc) is 2.59. The van der Waals surface area contributed by atoms with Crippen LogP contribution >= 0.6 is 0 Å². The van der Waals surface area contributed by atoms with E-state index in [1.165, 1.54) is 0 Å². The van der Waals surface area contributed by atoms with Gasteiger partial charge in [0.25, 0.3) is 0 Å². The highest BCUT2D eigenvalue weighted by Crippen LogP contribution is 2.28. The zero-order valence-corrected chi connectivity index (χ0v) is 14.4. The third-order valence-corrected chi connectivity index (χ3v) is 3.90. The molecular formula is C19H24N2O3. The number of nitrogens with two attached hydrogens (primary N) is 1. The molecule has 0 unspecified atom stereocenters. The fraction of sp³-hybridized carbons (Fsp3) is 0.316. The van der Waals surface area contributed by atoms with Crippen molar-refractivity contribution >= 4 is 17.3 Å². The number of aryl methyl sites for hydroxylation is 2. The number of hydrogen-bond acceptors (Lipinski definition) is 4. The van der Waals surface area contributed by atoms with Crippen molar-refractivity contribution in [2.45, 2.75) is 26.2 Å². The van der Waals surface area contributed by atoms with E-state index in [4.69, 9.17) is 15.2 Å². The van der Waals surface area contributed by atoms with Gasteiger partial charge in [-0.1, -0.05) is 19.1 Å². The molecule has 3 N–H and O–H groups in total. The molecule has 0 heterocycles. The van der Waals surface area contributed by atoms with E-state index in [1.54, 1.807) is 20.3 Å². The van der Waals surface area contributed by atoms with Crippen LogP contribution in [0.4, 0.5) is 11.4 Å². The number of carbonyl (C=O) groups excluding carboxylic acids is 1. The summed E-state index contributed by atoms with van der Waals surface area (Å²) < 4.78 is 10.5. The summed E-state index contributed by atoms with van der Waals surface area (Å²) >= 11 is 0. The second-order valence-electron chi connectivity index (χ2n) is 5.50. The van der Waals surface area contributed by atoms with Gasteiger partial charge in [0.1, 0.15) is 0 Å². The van der Waals surface area contributed by atoms with Crippen LogP contribution in [0.2, 0.25) is 0 Å². The van der Waals surface area contributed by atoms with Crippen LogP contribution in [0.25, 0.3) is 0 Å². The molecule has 0 atom stereocenters. The van der Waals surface area contributed by atoms with Crippen LogP contribution in [0.5, 0.6) is 11.5 Å². The molecule has 0 saturated carbocycles. The van der Waals surface area contributed by atoms with Gasteiger partial charge in [-0.05, 0) is 48.2 Å². The zero-order chi connectivity index (χ0) is 17.5. The van der Waals surface area contributed by atoms with Crippen molar-refractivity contribution in [3.8, 4) is 11.5 Å². The van der Waals surface area contributed by atoms with Gasteiger partial charge in [-0.2, -0.15) is 0 Å².